The molecule has 0 spiro atoms. The standard InChI is InChI=1S/C11H13N3O/c1-4-5-13-8(2)6-9(3)14-11(13)7-10(15)12-14/h4,6-7H,1,5H2,2-3H3/p+1. The molecule has 78 valence electrons. The lowest BCUT2D eigenvalue weighted by molar-refractivity contribution is -0.670. The average molecular weight is 204 g/mol. The Morgan fingerprint density at radius 3 is 2.93 bits per heavy atom. The van der Waals surface area contributed by atoms with Crippen LogP contribution in [-0.2, 0) is 6.54 Å². The van der Waals surface area contributed by atoms with Crippen LogP contribution in [0.3, 0.4) is 0 Å². The molecule has 0 aromatic carbocycles. The highest BCUT2D eigenvalue weighted by Gasteiger charge is 2.16. The molecule has 4 nitrogen and oxygen atoms in total. The molecule has 1 N–H and O–H groups in total. The van der Waals surface area contributed by atoms with Crippen LogP contribution < -0.4 is 4.57 Å². The minimum Gasteiger partial charge on any atom is -0.491 e. The molecule has 2 rings (SSSR count). The van der Waals surface area contributed by atoms with Gasteiger partial charge < -0.3 is 5.11 Å². The molecule has 0 aliphatic rings. The van der Waals surface area contributed by atoms with Gasteiger partial charge >= 0.3 is 5.65 Å². The normalized spacial score (nSPS) is 10.8. The molecule has 0 amide bonds. The number of fused-ring (bicyclic) bond motifs is 1. The number of allylic oxidation sites excluding steroid dienone is 1. The summed E-state index contributed by atoms with van der Waals surface area (Å²) in [6.45, 7) is 8.42. The summed E-state index contributed by atoms with van der Waals surface area (Å²) in [6.07, 6.45) is 1.83. The first kappa shape index (κ1) is 9.71. The number of hydrogen-bond acceptors (Lipinski definition) is 2. The molecular weight excluding hydrogens is 190 g/mol. The second kappa shape index (κ2) is 3.38. The van der Waals surface area contributed by atoms with Crippen LogP contribution in [0.1, 0.15) is 11.4 Å². The SMILES string of the molecule is C=CC[n+]1c(C)cc(C)n2nc(O)cc21. The Morgan fingerprint density at radius 1 is 1.53 bits per heavy atom. The summed E-state index contributed by atoms with van der Waals surface area (Å²) in [4.78, 5) is 0. The smallest absolute Gasteiger partial charge is 0.313 e. The first-order chi connectivity index (χ1) is 7.13. The van der Waals surface area contributed by atoms with Gasteiger partial charge in [0.05, 0.1) is 6.07 Å². The van der Waals surface area contributed by atoms with E-state index in [4.69, 9.17) is 0 Å². The molecule has 0 saturated heterocycles. The molecule has 0 bridgehead atoms. The Hall–Kier alpha value is -1.84. The van der Waals surface area contributed by atoms with E-state index >= 15 is 0 Å². The van der Waals surface area contributed by atoms with Crippen LogP contribution in [0, 0.1) is 13.8 Å². The molecule has 4 heteroatoms. The van der Waals surface area contributed by atoms with Crippen LogP contribution in [0.25, 0.3) is 5.65 Å². The van der Waals surface area contributed by atoms with E-state index in [1.165, 1.54) is 0 Å². The van der Waals surface area contributed by atoms with Gasteiger partial charge in [-0.15, -0.1) is 0 Å². The first-order valence-corrected chi connectivity index (χ1v) is 4.83. The number of hydrogen-bond donors (Lipinski definition) is 1. The monoisotopic (exact) mass is 204 g/mol. The maximum atomic E-state index is 9.39. The van der Waals surface area contributed by atoms with Crippen LogP contribution >= 0.6 is 0 Å². The zero-order chi connectivity index (χ0) is 11.0. The van der Waals surface area contributed by atoms with Gasteiger partial charge in [0, 0.05) is 13.0 Å². The molecule has 0 radical (unpaired) electrons. The third-order valence-corrected chi connectivity index (χ3v) is 2.44. The Kier molecular flexibility index (Phi) is 2.19. The van der Waals surface area contributed by atoms with E-state index in [1.807, 2.05) is 30.6 Å². The second-order valence-corrected chi connectivity index (χ2v) is 3.60. The van der Waals surface area contributed by atoms with Gasteiger partial charge in [0.1, 0.15) is 17.9 Å². The number of nitrogens with zero attached hydrogens (tertiary/aromatic N) is 3. The second-order valence-electron chi connectivity index (χ2n) is 3.60. The van der Waals surface area contributed by atoms with E-state index in [9.17, 15) is 5.11 Å². The highest BCUT2D eigenvalue weighted by molar-refractivity contribution is 5.37. The topological polar surface area (TPSA) is 41.4 Å². The van der Waals surface area contributed by atoms with E-state index in [0.29, 0.717) is 6.54 Å². The van der Waals surface area contributed by atoms with Crippen molar-refractivity contribution in [3.8, 4) is 5.88 Å². The van der Waals surface area contributed by atoms with E-state index in [2.05, 4.69) is 11.7 Å². The molecule has 0 aliphatic carbocycles. The first-order valence-electron chi connectivity index (χ1n) is 4.83. The van der Waals surface area contributed by atoms with Gasteiger partial charge in [-0.25, -0.2) is 4.57 Å². The average Bonchev–Trinajstić information content (AvgIpc) is 2.55. The van der Waals surface area contributed by atoms with Crippen LogP contribution in [0.2, 0.25) is 0 Å². The Balaban J connectivity index is 2.82. The van der Waals surface area contributed by atoms with Gasteiger partial charge in [-0.05, 0) is 12.0 Å². The third-order valence-electron chi connectivity index (χ3n) is 2.44. The van der Waals surface area contributed by atoms with Crippen LogP contribution in [0.15, 0.2) is 24.8 Å². The summed E-state index contributed by atoms with van der Waals surface area (Å²) in [5, 5.41) is 13.4. The minimum absolute atomic E-state index is 0.0431. The predicted molar refractivity (Wildman–Crippen MR) is 56.7 cm³/mol. The van der Waals surface area contributed by atoms with E-state index in [0.717, 1.165) is 17.0 Å². The van der Waals surface area contributed by atoms with Gasteiger partial charge in [-0.1, -0.05) is 17.2 Å². The fourth-order valence-electron chi connectivity index (χ4n) is 1.80. The number of rotatable bonds is 2. The fraction of sp³-hybridized carbons (Fsp3) is 0.273. The Labute approximate surface area is 88.1 Å². The summed E-state index contributed by atoms with van der Waals surface area (Å²) >= 11 is 0. The van der Waals surface area contributed by atoms with Gasteiger partial charge in [0.15, 0.2) is 0 Å². The lowest BCUT2D eigenvalue weighted by Gasteiger charge is -2.03. The van der Waals surface area contributed by atoms with Crippen molar-refractivity contribution >= 4 is 5.65 Å². The number of aromatic nitrogens is 3. The molecule has 2 heterocycles. The van der Waals surface area contributed by atoms with Crippen molar-refractivity contribution in [3.63, 3.8) is 0 Å². The van der Waals surface area contributed by atoms with Gasteiger partial charge in [0.2, 0.25) is 0 Å². The predicted octanol–water partition coefficient (Wildman–Crippen LogP) is 1.13. The third kappa shape index (κ3) is 1.48. The lowest BCUT2D eigenvalue weighted by Crippen LogP contribution is -2.38. The summed E-state index contributed by atoms with van der Waals surface area (Å²) < 4.78 is 3.78. The number of aromatic hydroxyl groups is 1. The molecule has 0 unspecified atom stereocenters. The molecule has 15 heavy (non-hydrogen) atoms. The zero-order valence-corrected chi connectivity index (χ0v) is 8.94. The maximum absolute atomic E-state index is 9.39. The maximum Gasteiger partial charge on any atom is 0.313 e. The van der Waals surface area contributed by atoms with Crippen molar-refractivity contribution in [3.05, 3.63) is 36.2 Å². The molecule has 0 fully saturated rings. The van der Waals surface area contributed by atoms with Crippen LogP contribution in [0.5, 0.6) is 5.88 Å². The quantitative estimate of drug-likeness (QED) is 0.588. The summed E-state index contributed by atoms with van der Waals surface area (Å²) in [6, 6.07) is 3.69. The van der Waals surface area contributed by atoms with Crippen LogP contribution in [0.4, 0.5) is 0 Å². The zero-order valence-electron chi connectivity index (χ0n) is 8.94. The Morgan fingerprint density at radius 2 is 2.27 bits per heavy atom. The van der Waals surface area contributed by atoms with Crippen molar-refractivity contribution < 1.29 is 9.67 Å². The lowest BCUT2D eigenvalue weighted by atomic mass is 10.3. The van der Waals surface area contributed by atoms with Crippen molar-refractivity contribution in [1.29, 1.82) is 0 Å². The summed E-state index contributed by atoms with van der Waals surface area (Å²) in [5.74, 6) is 0.0431. The highest BCUT2D eigenvalue weighted by atomic mass is 16.3. The number of aryl methyl sites for hydroxylation is 2. The minimum atomic E-state index is 0.0431. The van der Waals surface area contributed by atoms with E-state index in [-0.39, 0.29) is 5.88 Å². The van der Waals surface area contributed by atoms with Crippen molar-refractivity contribution in [2.45, 2.75) is 20.4 Å². The van der Waals surface area contributed by atoms with Gasteiger partial charge in [0.25, 0.3) is 5.88 Å². The van der Waals surface area contributed by atoms with Crippen molar-refractivity contribution in [1.82, 2.24) is 9.61 Å². The molecule has 0 atom stereocenters. The fourth-order valence-corrected chi connectivity index (χ4v) is 1.80. The van der Waals surface area contributed by atoms with E-state index < -0.39 is 0 Å². The van der Waals surface area contributed by atoms with Crippen molar-refractivity contribution in [2.24, 2.45) is 0 Å². The van der Waals surface area contributed by atoms with E-state index in [1.54, 1.807) is 10.6 Å². The van der Waals surface area contributed by atoms with Crippen LogP contribution in [-0.4, -0.2) is 14.7 Å². The van der Waals surface area contributed by atoms with Gasteiger partial charge in [-0.2, -0.15) is 0 Å². The molecule has 0 aliphatic heterocycles. The molecular formula is C11H14N3O+. The summed E-state index contributed by atoms with van der Waals surface area (Å²) in [5.41, 5.74) is 3.01. The highest BCUT2D eigenvalue weighted by Crippen LogP contribution is 2.11. The molecule has 2 aromatic heterocycles. The largest absolute Gasteiger partial charge is 0.491 e. The summed E-state index contributed by atoms with van der Waals surface area (Å²) in [7, 11) is 0. The molecule has 2 aromatic rings. The van der Waals surface area contributed by atoms with Gasteiger partial charge in [-0.3, -0.25) is 0 Å². The van der Waals surface area contributed by atoms with Crippen molar-refractivity contribution in [2.75, 3.05) is 0 Å². The molecule has 0 saturated carbocycles. The Bertz CT molecular complexity index is 528.